The number of rotatable bonds is 12. The Morgan fingerprint density at radius 1 is 1.18 bits per heavy atom. The first-order valence-corrected chi connectivity index (χ1v) is 12.3. The van der Waals surface area contributed by atoms with Gasteiger partial charge in [0.25, 0.3) is 0 Å². The molecule has 0 radical (unpaired) electrons. The number of carbonyl (C=O) groups excluding carboxylic acids is 1. The highest BCUT2D eigenvalue weighted by Crippen LogP contribution is 2.28. The third-order valence-electron chi connectivity index (χ3n) is 6.04. The number of carbonyl (C=O) groups is 1. The molecule has 2 rings (SSSR count). The molecule has 0 aromatic heterocycles. The molecule has 1 aliphatic heterocycles. The fourth-order valence-corrected chi connectivity index (χ4v) is 4.18. The molecule has 1 heterocycles. The molecule has 0 unspecified atom stereocenters. The molecule has 0 spiro atoms. The second kappa shape index (κ2) is 13.5. The molecule has 6 heteroatoms. The molecule has 1 amide bonds. The molecule has 1 fully saturated rings. The van der Waals surface area contributed by atoms with Crippen LogP contribution in [0.5, 0.6) is 11.5 Å². The number of nitrogens with one attached hydrogen (secondary N) is 1. The summed E-state index contributed by atoms with van der Waals surface area (Å²) in [6.07, 6.45) is 9.51. The van der Waals surface area contributed by atoms with E-state index in [-0.39, 0.29) is 6.09 Å². The van der Waals surface area contributed by atoms with Gasteiger partial charge in [-0.1, -0.05) is 17.7 Å². The van der Waals surface area contributed by atoms with Crippen LogP contribution in [0.15, 0.2) is 29.8 Å². The van der Waals surface area contributed by atoms with E-state index < -0.39 is 5.60 Å². The minimum atomic E-state index is -0.472. The maximum absolute atomic E-state index is 11.8. The van der Waals surface area contributed by atoms with Gasteiger partial charge < -0.3 is 24.4 Å². The smallest absolute Gasteiger partial charge is 0.407 e. The van der Waals surface area contributed by atoms with Gasteiger partial charge in [-0.15, -0.1) is 0 Å². The van der Waals surface area contributed by atoms with Gasteiger partial charge in [0.15, 0.2) is 0 Å². The molecule has 186 valence electrons. The number of unbranched alkanes of at least 4 members (excludes halogenated alkanes) is 1. The molecule has 1 aromatic carbocycles. The molecule has 1 aromatic rings. The predicted molar refractivity (Wildman–Crippen MR) is 134 cm³/mol. The van der Waals surface area contributed by atoms with Crippen molar-refractivity contribution in [1.29, 1.82) is 0 Å². The quantitative estimate of drug-likeness (QED) is 0.318. The Morgan fingerprint density at radius 3 is 2.55 bits per heavy atom. The van der Waals surface area contributed by atoms with Gasteiger partial charge in [-0.05, 0) is 97.4 Å². The van der Waals surface area contributed by atoms with Gasteiger partial charge in [0, 0.05) is 18.7 Å². The first-order chi connectivity index (χ1) is 15.7. The van der Waals surface area contributed by atoms with Crippen LogP contribution in [0.25, 0.3) is 0 Å². The number of alkyl carbamates (subject to hydrolysis) is 1. The minimum absolute atomic E-state index is 0.353. The summed E-state index contributed by atoms with van der Waals surface area (Å²) in [6, 6.07) is 6.64. The molecule has 1 atom stereocenters. The summed E-state index contributed by atoms with van der Waals surface area (Å²) in [6.45, 7) is 11.0. The number of likely N-dealkylation sites (tertiary alicyclic amines) is 1. The lowest BCUT2D eigenvalue weighted by Gasteiger charge is -2.24. The first kappa shape index (κ1) is 27.0. The lowest BCUT2D eigenvalue weighted by atomic mass is 9.96. The summed E-state index contributed by atoms with van der Waals surface area (Å²) in [4.78, 5) is 14.5. The number of ether oxygens (including phenoxy) is 3. The van der Waals surface area contributed by atoms with Crippen molar-refractivity contribution >= 4 is 6.09 Å². The summed E-state index contributed by atoms with van der Waals surface area (Å²) in [5, 5.41) is 2.85. The van der Waals surface area contributed by atoms with Gasteiger partial charge in [0.1, 0.15) is 17.1 Å². The van der Waals surface area contributed by atoms with E-state index >= 15 is 0 Å². The predicted octanol–water partition coefficient (Wildman–Crippen LogP) is 5.74. The maximum atomic E-state index is 11.8. The third kappa shape index (κ3) is 10.1. The summed E-state index contributed by atoms with van der Waals surface area (Å²) >= 11 is 0. The van der Waals surface area contributed by atoms with E-state index in [9.17, 15) is 4.79 Å². The van der Waals surface area contributed by atoms with E-state index in [1.807, 2.05) is 32.9 Å². The zero-order valence-electron chi connectivity index (χ0n) is 21.5. The van der Waals surface area contributed by atoms with Crippen LogP contribution in [0.4, 0.5) is 4.79 Å². The number of amides is 1. The molecular weight excluding hydrogens is 416 g/mol. The van der Waals surface area contributed by atoms with Crippen LogP contribution >= 0.6 is 0 Å². The van der Waals surface area contributed by atoms with Crippen molar-refractivity contribution in [3.63, 3.8) is 0 Å². The molecule has 1 saturated heterocycles. The Labute approximate surface area is 200 Å². The number of allylic oxidation sites excluding steroid dienone is 2. The SMILES string of the molecule is COc1ccc(C/C(=C\CCCNC(=O)OC(C)(C)C)CC[C@@H](C)N2CCCC2)c(OC)c1. The molecule has 1 aliphatic rings. The van der Waals surface area contributed by atoms with Crippen LogP contribution in [0.3, 0.4) is 0 Å². The highest BCUT2D eigenvalue weighted by atomic mass is 16.6. The summed E-state index contributed by atoms with van der Waals surface area (Å²) in [5.74, 6) is 1.66. The zero-order chi connectivity index (χ0) is 24.3. The fraction of sp³-hybridized carbons (Fsp3) is 0.667. The average Bonchev–Trinajstić information content (AvgIpc) is 3.30. The van der Waals surface area contributed by atoms with E-state index in [1.54, 1.807) is 14.2 Å². The Bertz CT molecular complexity index is 764. The Hall–Kier alpha value is -2.21. The molecule has 0 bridgehead atoms. The van der Waals surface area contributed by atoms with Crippen LogP contribution in [-0.4, -0.2) is 56.5 Å². The van der Waals surface area contributed by atoms with Gasteiger partial charge in [0.2, 0.25) is 0 Å². The van der Waals surface area contributed by atoms with Crippen molar-refractivity contribution in [1.82, 2.24) is 10.2 Å². The molecule has 0 aliphatic carbocycles. The Kier molecular flexibility index (Phi) is 11.0. The molecule has 0 saturated carbocycles. The van der Waals surface area contributed by atoms with Crippen molar-refractivity contribution in [3.05, 3.63) is 35.4 Å². The van der Waals surface area contributed by atoms with E-state index in [0.717, 1.165) is 43.6 Å². The fourth-order valence-electron chi connectivity index (χ4n) is 4.18. The normalized spacial score (nSPS) is 15.9. The number of methoxy groups -OCH3 is 2. The van der Waals surface area contributed by atoms with Crippen molar-refractivity contribution < 1.29 is 19.0 Å². The largest absolute Gasteiger partial charge is 0.497 e. The zero-order valence-corrected chi connectivity index (χ0v) is 21.5. The van der Waals surface area contributed by atoms with Crippen molar-refractivity contribution in [2.75, 3.05) is 33.9 Å². The highest BCUT2D eigenvalue weighted by molar-refractivity contribution is 5.67. The summed E-state index contributed by atoms with van der Waals surface area (Å²) < 4.78 is 16.3. The van der Waals surface area contributed by atoms with E-state index in [2.05, 4.69) is 29.3 Å². The summed E-state index contributed by atoms with van der Waals surface area (Å²) in [5.41, 5.74) is 2.12. The van der Waals surface area contributed by atoms with Crippen LogP contribution in [-0.2, 0) is 11.2 Å². The average molecular weight is 461 g/mol. The van der Waals surface area contributed by atoms with Crippen molar-refractivity contribution in [2.45, 2.75) is 84.3 Å². The third-order valence-corrected chi connectivity index (χ3v) is 6.04. The monoisotopic (exact) mass is 460 g/mol. The van der Waals surface area contributed by atoms with Gasteiger partial charge in [-0.2, -0.15) is 0 Å². The van der Waals surface area contributed by atoms with Gasteiger partial charge >= 0.3 is 6.09 Å². The molecule has 33 heavy (non-hydrogen) atoms. The topological polar surface area (TPSA) is 60.0 Å². The molecule has 1 N–H and O–H groups in total. The van der Waals surface area contributed by atoms with Crippen LogP contribution in [0, 0.1) is 0 Å². The highest BCUT2D eigenvalue weighted by Gasteiger charge is 2.18. The number of hydrogen-bond donors (Lipinski definition) is 1. The van der Waals surface area contributed by atoms with Gasteiger partial charge in [-0.3, -0.25) is 0 Å². The number of hydrogen-bond acceptors (Lipinski definition) is 5. The van der Waals surface area contributed by atoms with Gasteiger partial charge in [-0.25, -0.2) is 4.79 Å². The van der Waals surface area contributed by atoms with Crippen LogP contribution in [0.1, 0.15) is 71.8 Å². The lowest BCUT2D eigenvalue weighted by Crippen LogP contribution is -2.32. The first-order valence-electron chi connectivity index (χ1n) is 12.3. The minimum Gasteiger partial charge on any atom is -0.497 e. The van der Waals surface area contributed by atoms with Crippen LogP contribution < -0.4 is 14.8 Å². The number of benzene rings is 1. The number of nitrogens with zero attached hydrogens (tertiary/aromatic N) is 1. The standard InChI is InChI=1S/C27H44N2O4/c1-21(29-17-9-10-18-29)12-13-22(11-7-8-16-28-26(30)33-27(2,3)4)19-23-14-15-24(31-5)20-25(23)32-6/h11,14-15,20-21H,7-10,12-13,16-19H2,1-6H3,(H,28,30)/b22-11-/t21-/m1/s1. The second-order valence-corrected chi connectivity index (χ2v) is 9.92. The molecular formula is C27H44N2O4. The van der Waals surface area contributed by atoms with E-state index in [0.29, 0.717) is 12.6 Å². The van der Waals surface area contributed by atoms with Crippen molar-refractivity contribution in [3.8, 4) is 11.5 Å². The van der Waals surface area contributed by atoms with Crippen LogP contribution in [0.2, 0.25) is 0 Å². The van der Waals surface area contributed by atoms with Crippen molar-refractivity contribution in [2.24, 2.45) is 0 Å². The second-order valence-electron chi connectivity index (χ2n) is 9.92. The Morgan fingerprint density at radius 2 is 1.91 bits per heavy atom. The molecule has 6 nitrogen and oxygen atoms in total. The Balaban J connectivity index is 1.96. The summed E-state index contributed by atoms with van der Waals surface area (Å²) in [7, 11) is 3.38. The maximum Gasteiger partial charge on any atom is 0.407 e. The van der Waals surface area contributed by atoms with Gasteiger partial charge in [0.05, 0.1) is 14.2 Å². The van der Waals surface area contributed by atoms with E-state index in [4.69, 9.17) is 14.2 Å². The lowest BCUT2D eigenvalue weighted by molar-refractivity contribution is 0.0527. The van der Waals surface area contributed by atoms with E-state index in [1.165, 1.54) is 37.1 Å².